The fraction of sp³-hybridized carbons (Fsp3) is 0.389. The van der Waals surface area contributed by atoms with Gasteiger partial charge < -0.3 is 9.64 Å². The van der Waals surface area contributed by atoms with Crippen LogP contribution < -0.4 is 4.74 Å². The first-order valence-electron chi connectivity index (χ1n) is 7.56. The first-order valence-corrected chi connectivity index (χ1v) is 8.37. The number of para-hydroxylation sites is 1. The highest BCUT2D eigenvalue weighted by Gasteiger charge is 2.15. The third-order valence-electron chi connectivity index (χ3n) is 3.68. The van der Waals surface area contributed by atoms with Crippen molar-refractivity contribution >= 4 is 17.2 Å². The molecule has 1 aromatic carbocycles. The molecule has 3 nitrogen and oxygen atoms in total. The lowest BCUT2D eigenvalue weighted by Crippen LogP contribution is -2.30. The van der Waals surface area contributed by atoms with E-state index in [0.717, 1.165) is 22.6 Å². The maximum absolute atomic E-state index is 12.4. The highest BCUT2D eigenvalue weighted by Crippen LogP contribution is 2.23. The van der Waals surface area contributed by atoms with Crippen molar-refractivity contribution < 1.29 is 9.53 Å². The van der Waals surface area contributed by atoms with Crippen molar-refractivity contribution in [3.8, 4) is 5.75 Å². The number of rotatable bonds is 6. The minimum absolute atomic E-state index is 0.0705. The molecule has 0 aliphatic heterocycles. The molecule has 0 aliphatic carbocycles. The average Bonchev–Trinajstić information content (AvgIpc) is 2.89. The average molecular weight is 317 g/mol. The zero-order valence-corrected chi connectivity index (χ0v) is 14.5. The SMILES string of the molecule is CCc1sc(C(=O)N(C)CCOc2ccccc2C)cc1C. The van der Waals surface area contributed by atoms with Gasteiger partial charge in [-0.1, -0.05) is 25.1 Å². The summed E-state index contributed by atoms with van der Waals surface area (Å²) in [5, 5.41) is 0. The molecular formula is C18H23NO2S. The molecule has 0 bridgehead atoms. The quantitative estimate of drug-likeness (QED) is 0.803. The normalized spacial score (nSPS) is 10.5. The van der Waals surface area contributed by atoms with Crippen LogP contribution in [0, 0.1) is 13.8 Å². The van der Waals surface area contributed by atoms with E-state index in [0.29, 0.717) is 13.2 Å². The fourth-order valence-corrected chi connectivity index (χ4v) is 3.39. The lowest BCUT2D eigenvalue weighted by atomic mass is 10.2. The lowest BCUT2D eigenvalue weighted by molar-refractivity contribution is 0.0778. The van der Waals surface area contributed by atoms with Gasteiger partial charge in [0.2, 0.25) is 0 Å². The molecule has 0 N–H and O–H groups in total. The van der Waals surface area contributed by atoms with Gasteiger partial charge in [-0.15, -0.1) is 11.3 Å². The Kier molecular flexibility index (Phi) is 5.61. The summed E-state index contributed by atoms with van der Waals surface area (Å²) in [5.74, 6) is 0.949. The molecule has 0 fully saturated rings. The topological polar surface area (TPSA) is 29.5 Å². The first kappa shape index (κ1) is 16.6. The van der Waals surface area contributed by atoms with E-state index in [4.69, 9.17) is 4.74 Å². The number of hydrogen-bond acceptors (Lipinski definition) is 3. The Balaban J connectivity index is 1.90. The summed E-state index contributed by atoms with van der Waals surface area (Å²) in [6, 6.07) is 9.91. The van der Waals surface area contributed by atoms with Gasteiger partial charge in [0.25, 0.3) is 5.91 Å². The van der Waals surface area contributed by atoms with E-state index < -0.39 is 0 Å². The molecule has 2 rings (SSSR count). The smallest absolute Gasteiger partial charge is 0.263 e. The highest BCUT2D eigenvalue weighted by atomic mass is 32.1. The van der Waals surface area contributed by atoms with E-state index in [9.17, 15) is 4.79 Å². The van der Waals surface area contributed by atoms with Gasteiger partial charge in [0, 0.05) is 11.9 Å². The second-order valence-electron chi connectivity index (χ2n) is 5.41. The van der Waals surface area contributed by atoms with Crippen LogP contribution in [0.5, 0.6) is 5.75 Å². The number of likely N-dealkylation sites (N-methyl/N-ethyl adjacent to an activating group) is 1. The summed E-state index contributed by atoms with van der Waals surface area (Å²) < 4.78 is 5.75. The van der Waals surface area contributed by atoms with Gasteiger partial charge in [0.15, 0.2) is 0 Å². The number of carbonyl (C=O) groups is 1. The van der Waals surface area contributed by atoms with E-state index >= 15 is 0 Å². The van der Waals surface area contributed by atoms with Crippen molar-refractivity contribution in [3.05, 3.63) is 51.2 Å². The molecular weight excluding hydrogens is 294 g/mol. The zero-order chi connectivity index (χ0) is 16.1. The maximum atomic E-state index is 12.4. The van der Waals surface area contributed by atoms with Gasteiger partial charge in [-0.3, -0.25) is 4.79 Å². The molecule has 0 spiro atoms. The molecule has 0 radical (unpaired) electrons. The predicted molar refractivity (Wildman–Crippen MR) is 92.1 cm³/mol. The van der Waals surface area contributed by atoms with E-state index in [1.54, 1.807) is 16.2 Å². The maximum Gasteiger partial charge on any atom is 0.263 e. The number of thiophene rings is 1. The summed E-state index contributed by atoms with van der Waals surface area (Å²) in [5.41, 5.74) is 2.32. The standard InChI is InChI=1S/C18H23NO2S/c1-5-16-14(3)12-17(22-16)18(20)19(4)10-11-21-15-9-7-6-8-13(15)2/h6-9,12H,5,10-11H2,1-4H3. The van der Waals surface area contributed by atoms with Crippen LogP contribution in [0.3, 0.4) is 0 Å². The third kappa shape index (κ3) is 3.89. The van der Waals surface area contributed by atoms with Crippen molar-refractivity contribution in [2.75, 3.05) is 20.2 Å². The molecule has 0 unspecified atom stereocenters. The molecule has 22 heavy (non-hydrogen) atoms. The number of aryl methyl sites for hydroxylation is 3. The van der Waals surface area contributed by atoms with Crippen LogP contribution in [-0.4, -0.2) is 31.0 Å². The van der Waals surface area contributed by atoms with Crippen molar-refractivity contribution in [1.29, 1.82) is 0 Å². The second-order valence-corrected chi connectivity index (χ2v) is 6.55. The van der Waals surface area contributed by atoms with Crippen molar-refractivity contribution in [3.63, 3.8) is 0 Å². The molecule has 0 aliphatic rings. The van der Waals surface area contributed by atoms with E-state index in [2.05, 4.69) is 13.8 Å². The Labute approximate surface area is 136 Å². The van der Waals surface area contributed by atoms with E-state index in [1.165, 1.54) is 10.4 Å². The molecule has 4 heteroatoms. The van der Waals surface area contributed by atoms with Crippen molar-refractivity contribution in [2.45, 2.75) is 27.2 Å². The summed E-state index contributed by atoms with van der Waals surface area (Å²) >= 11 is 1.60. The van der Waals surface area contributed by atoms with E-state index in [1.807, 2.05) is 44.3 Å². The number of nitrogens with zero attached hydrogens (tertiary/aromatic N) is 1. The fourth-order valence-electron chi connectivity index (χ4n) is 2.28. The van der Waals surface area contributed by atoms with E-state index in [-0.39, 0.29) is 5.91 Å². The van der Waals surface area contributed by atoms with Gasteiger partial charge >= 0.3 is 0 Å². The lowest BCUT2D eigenvalue weighted by Gasteiger charge is -2.17. The number of hydrogen-bond donors (Lipinski definition) is 0. The first-order chi connectivity index (χ1) is 10.5. The minimum atomic E-state index is 0.0705. The molecule has 1 amide bonds. The Morgan fingerprint density at radius 1 is 1.23 bits per heavy atom. The number of benzene rings is 1. The van der Waals surface area contributed by atoms with Crippen molar-refractivity contribution in [1.82, 2.24) is 4.90 Å². The Morgan fingerprint density at radius 2 is 1.95 bits per heavy atom. The van der Waals surface area contributed by atoms with Crippen LogP contribution in [-0.2, 0) is 6.42 Å². The van der Waals surface area contributed by atoms with Crippen LogP contribution in [0.1, 0.15) is 32.6 Å². The Hall–Kier alpha value is -1.81. The molecule has 2 aromatic rings. The largest absolute Gasteiger partial charge is 0.491 e. The third-order valence-corrected chi connectivity index (χ3v) is 5.05. The van der Waals surface area contributed by atoms with Crippen LogP contribution in [0.25, 0.3) is 0 Å². The Morgan fingerprint density at radius 3 is 2.59 bits per heavy atom. The van der Waals surface area contributed by atoms with Crippen molar-refractivity contribution in [2.24, 2.45) is 0 Å². The van der Waals surface area contributed by atoms with Gasteiger partial charge in [-0.25, -0.2) is 0 Å². The highest BCUT2D eigenvalue weighted by molar-refractivity contribution is 7.14. The molecule has 118 valence electrons. The number of amides is 1. The predicted octanol–water partition coefficient (Wildman–Crippen LogP) is 4.08. The summed E-state index contributed by atoms with van der Waals surface area (Å²) in [7, 11) is 1.82. The monoisotopic (exact) mass is 317 g/mol. The van der Waals surface area contributed by atoms with Crippen LogP contribution in [0.4, 0.5) is 0 Å². The number of carbonyl (C=O) groups excluding carboxylic acids is 1. The summed E-state index contributed by atoms with van der Waals surface area (Å²) in [4.78, 5) is 16.2. The van der Waals surface area contributed by atoms with Gasteiger partial charge in [-0.2, -0.15) is 0 Å². The summed E-state index contributed by atoms with van der Waals surface area (Å²) in [6.45, 7) is 7.27. The number of ether oxygens (including phenoxy) is 1. The molecule has 1 heterocycles. The van der Waals surface area contributed by atoms with Crippen LogP contribution in [0.15, 0.2) is 30.3 Å². The van der Waals surface area contributed by atoms with Gasteiger partial charge in [-0.05, 0) is 43.5 Å². The second kappa shape index (κ2) is 7.45. The molecule has 1 aromatic heterocycles. The Bertz CT molecular complexity index is 648. The molecule has 0 saturated heterocycles. The molecule has 0 atom stereocenters. The zero-order valence-electron chi connectivity index (χ0n) is 13.7. The summed E-state index contributed by atoms with van der Waals surface area (Å²) in [6.07, 6.45) is 0.976. The van der Waals surface area contributed by atoms with Gasteiger partial charge in [0.1, 0.15) is 12.4 Å². The van der Waals surface area contributed by atoms with Crippen LogP contribution in [0.2, 0.25) is 0 Å². The van der Waals surface area contributed by atoms with Gasteiger partial charge in [0.05, 0.1) is 11.4 Å². The minimum Gasteiger partial charge on any atom is -0.491 e. The van der Waals surface area contributed by atoms with Crippen LogP contribution >= 0.6 is 11.3 Å². The molecule has 0 saturated carbocycles.